The van der Waals surface area contributed by atoms with Crippen LogP contribution in [0.3, 0.4) is 0 Å². The second-order valence-electron chi connectivity index (χ2n) is 10.5. The fourth-order valence-electron chi connectivity index (χ4n) is 4.99. The van der Waals surface area contributed by atoms with Crippen LogP contribution in [0.25, 0.3) is 11.1 Å². The summed E-state index contributed by atoms with van der Waals surface area (Å²) in [4.78, 5) is 46.9. The highest BCUT2D eigenvalue weighted by Crippen LogP contribution is 2.32. The van der Waals surface area contributed by atoms with Gasteiger partial charge in [0.15, 0.2) is 10.7 Å². The summed E-state index contributed by atoms with van der Waals surface area (Å²) in [5.41, 5.74) is 3.68. The third-order valence-electron chi connectivity index (χ3n) is 7.36. The van der Waals surface area contributed by atoms with E-state index in [4.69, 9.17) is 19.7 Å². The number of rotatable bonds is 6. The number of halogens is 3. The van der Waals surface area contributed by atoms with Gasteiger partial charge in [0.1, 0.15) is 0 Å². The maximum atomic E-state index is 12.7. The summed E-state index contributed by atoms with van der Waals surface area (Å²) < 4.78 is 33.1. The summed E-state index contributed by atoms with van der Waals surface area (Å²) in [7, 11) is 1.60. The van der Waals surface area contributed by atoms with Gasteiger partial charge in [0.05, 0.1) is 5.92 Å². The molecule has 0 unspecified atom stereocenters. The number of aliphatic carboxylic acids is 1. The first-order valence-electron chi connectivity index (χ1n) is 14.3. The van der Waals surface area contributed by atoms with Crippen molar-refractivity contribution in [3.8, 4) is 11.1 Å². The van der Waals surface area contributed by atoms with E-state index in [2.05, 4.69) is 51.6 Å². The molecule has 0 atom stereocenters. The van der Waals surface area contributed by atoms with Crippen molar-refractivity contribution in [2.75, 3.05) is 18.0 Å². The van der Waals surface area contributed by atoms with Crippen molar-refractivity contribution in [1.29, 1.82) is 0 Å². The van der Waals surface area contributed by atoms with Crippen LogP contribution < -0.4 is 4.90 Å². The van der Waals surface area contributed by atoms with E-state index in [1.54, 1.807) is 7.05 Å². The lowest BCUT2D eigenvalue weighted by Gasteiger charge is -2.28. The highest BCUT2D eigenvalue weighted by atomic mass is 32.2. The van der Waals surface area contributed by atoms with Gasteiger partial charge >= 0.3 is 24.1 Å². The molecular formula is C30H33F3N4O6S. The van der Waals surface area contributed by atoms with E-state index in [0.717, 1.165) is 61.2 Å². The van der Waals surface area contributed by atoms with E-state index in [0.29, 0.717) is 5.03 Å². The predicted octanol–water partition coefficient (Wildman–Crippen LogP) is 6.45. The Kier molecular flexibility index (Phi) is 11.3. The second-order valence-corrected chi connectivity index (χ2v) is 11.6. The monoisotopic (exact) mass is 634 g/mol. The van der Waals surface area contributed by atoms with Crippen molar-refractivity contribution in [2.45, 2.75) is 67.5 Å². The van der Waals surface area contributed by atoms with Crippen LogP contribution in [-0.2, 0) is 26.4 Å². The molecule has 10 nitrogen and oxygen atoms in total. The summed E-state index contributed by atoms with van der Waals surface area (Å²) in [6, 6.07) is 16.8. The number of anilines is 1. The van der Waals surface area contributed by atoms with Crippen molar-refractivity contribution >= 4 is 35.4 Å². The lowest BCUT2D eigenvalue weighted by atomic mass is 9.89. The van der Waals surface area contributed by atoms with E-state index < -0.39 is 24.1 Å². The molecule has 0 bridgehead atoms. The number of aromatic nitrogens is 3. The number of benzene rings is 2. The van der Waals surface area contributed by atoms with E-state index in [1.165, 1.54) is 41.4 Å². The van der Waals surface area contributed by atoms with Crippen LogP contribution in [0.2, 0.25) is 0 Å². The Morgan fingerprint density at radius 3 is 1.98 bits per heavy atom. The average molecular weight is 635 g/mol. The zero-order valence-electron chi connectivity index (χ0n) is 24.1. The fourth-order valence-corrected chi connectivity index (χ4v) is 5.88. The zero-order valence-corrected chi connectivity index (χ0v) is 24.9. The smallest absolute Gasteiger partial charge is 0.475 e. The molecule has 1 saturated carbocycles. The number of nitrogens with zero attached hydrogens (tertiary/aromatic N) is 4. The normalized spacial score (nSPS) is 15.6. The number of carbonyl (C=O) groups excluding carboxylic acids is 2. The van der Waals surface area contributed by atoms with Crippen molar-refractivity contribution in [2.24, 2.45) is 13.0 Å². The fraction of sp³-hybridized carbons (Fsp3) is 0.433. The van der Waals surface area contributed by atoms with Gasteiger partial charge in [0.2, 0.25) is 0 Å². The highest BCUT2D eigenvalue weighted by molar-refractivity contribution is 7.99. The maximum absolute atomic E-state index is 12.7. The molecule has 44 heavy (non-hydrogen) atoms. The number of hydrogen-bond donors (Lipinski definition) is 1. The Labute approximate surface area is 256 Å². The Morgan fingerprint density at radius 2 is 1.41 bits per heavy atom. The SMILES string of the molecule is Cn1nnc(Sc2ccc(-c3ccc(N4CCCCC4)cc3)cc2)c1C(=O)OOC(=O)C1CCCCC1.O=C(O)C(F)(F)F. The third-order valence-corrected chi connectivity index (χ3v) is 8.34. The largest absolute Gasteiger partial charge is 0.490 e. The molecule has 14 heteroatoms. The predicted molar refractivity (Wildman–Crippen MR) is 155 cm³/mol. The van der Waals surface area contributed by atoms with Gasteiger partial charge in [-0.2, -0.15) is 13.2 Å². The summed E-state index contributed by atoms with van der Waals surface area (Å²) >= 11 is 1.31. The number of piperidine rings is 1. The van der Waals surface area contributed by atoms with E-state index in [-0.39, 0.29) is 11.6 Å². The maximum Gasteiger partial charge on any atom is 0.490 e. The van der Waals surface area contributed by atoms with Crippen molar-refractivity contribution in [3.63, 3.8) is 0 Å². The molecule has 1 N–H and O–H groups in total. The molecule has 2 aliphatic rings. The third kappa shape index (κ3) is 8.97. The molecule has 1 aliphatic heterocycles. The van der Waals surface area contributed by atoms with Crippen LogP contribution in [0.5, 0.6) is 0 Å². The molecule has 2 fully saturated rings. The van der Waals surface area contributed by atoms with Gasteiger partial charge in [-0.1, -0.05) is 60.5 Å². The first-order chi connectivity index (χ1) is 21.0. The quantitative estimate of drug-likeness (QED) is 0.239. The number of carbonyl (C=O) groups is 3. The topological polar surface area (TPSA) is 124 Å². The standard InChI is InChI=1S/C28H32N4O4S.C2HF3O2/c1-31-25(28(34)36-35-27(33)22-8-4-2-5-9-22)26(29-30-31)37-24-16-12-21(13-17-24)20-10-14-23(15-11-20)32-18-6-3-7-19-32;3-2(4,5)1(6)7/h10-17,22H,2-9,18-19H2,1H3;(H,6,7). The minimum atomic E-state index is -5.08. The summed E-state index contributed by atoms with van der Waals surface area (Å²) in [6.45, 7) is 2.26. The van der Waals surface area contributed by atoms with Crippen LogP contribution >= 0.6 is 11.8 Å². The van der Waals surface area contributed by atoms with Gasteiger partial charge in [-0.05, 0) is 67.5 Å². The summed E-state index contributed by atoms with van der Waals surface area (Å²) in [5, 5.41) is 15.6. The molecule has 1 aliphatic carbocycles. The van der Waals surface area contributed by atoms with E-state index in [1.807, 2.05) is 12.1 Å². The second kappa shape index (κ2) is 15.1. The Morgan fingerprint density at radius 1 is 0.864 bits per heavy atom. The minimum absolute atomic E-state index is 0.138. The molecule has 2 aromatic carbocycles. The van der Waals surface area contributed by atoms with Crippen molar-refractivity contribution in [3.05, 3.63) is 54.2 Å². The molecule has 0 spiro atoms. The average Bonchev–Trinajstić information content (AvgIpc) is 3.40. The van der Waals surface area contributed by atoms with Crippen LogP contribution in [0.15, 0.2) is 58.5 Å². The molecule has 0 radical (unpaired) electrons. The first kappa shape index (κ1) is 32.8. The van der Waals surface area contributed by atoms with Gasteiger partial charge in [0, 0.05) is 30.7 Å². The number of alkyl halides is 3. The lowest BCUT2D eigenvalue weighted by molar-refractivity contribution is -0.239. The molecule has 236 valence electrons. The number of carboxylic acid groups (broad SMARTS) is 1. The van der Waals surface area contributed by atoms with E-state index in [9.17, 15) is 22.8 Å². The van der Waals surface area contributed by atoms with Crippen molar-refractivity contribution < 1.29 is 42.4 Å². The lowest BCUT2D eigenvalue weighted by Crippen LogP contribution is -2.29. The molecule has 0 amide bonds. The van der Waals surface area contributed by atoms with Crippen LogP contribution in [0.1, 0.15) is 61.9 Å². The van der Waals surface area contributed by atoms with Gasteiger partial charge < -0.3 is 10.0 Å². The highest BCUT2D eigenvalue weighted by Gasteiger charge is 2.38. The first-order valence-corrected chi connectivity index (χ1v) is 15.1. The van der Waals surface area contributed by atoms with Crippen molar-refractivity contribution in [1.82, 2.24) is 15.0 Å². The van der Waals surface area contributed by atoms with Crippen LogP contribution in [-0.4, -0.2) is 57.3 Å². The minimum Gasteiger partial charge on any atom is -0.475 e. The molecule has 5 rings (SSSR count). The summed E-state index contributed by atoms with van der Waals surface area (Å²) in [5.74, 6) is -4.24. The van der Waals surface area contributed by atoms with Crippen LogP contribution in [0, 0.1) is 5.92 Å². The molecule has 2 heterocycles. The number of hydrogen-bond acceptors (Lipinski definition) is 9. The van der Waals surface area contributed by atoms with Gasteiger partial charge in [0.25, 0.3) is 0 Å². The molecular weight excluding hydrogens is 601 g/mol. The molecule has 1 saturated heterocycles. The van der Waals surface area contributed by atoms with Crippen LogP contribution in [0.4, 0.5) is 18.9 Å². The zero-order chi connectivity index (χ0) is 31.7. The number of aryl methyl sites for hydroxylation is 1. The Hall–Kier alpha value is -4.07. The number of carboxylic acids is 1. The molecule has 3 aromatic rings. The summed E-state index contributed by atoms with van der Waals surface area (Å²) in [6.07, 6.45) is 3.40. The van der Waals surface area contributed by atoms with Gasteiger partial charge in [-0.15, -0.1) is 5.10 Å². The van der Waals surface area contributed by atoms with Gasteiger partial charge in [-0.25, -0.2) is 28.8 Å². The Bertz CT molecular complexity index is 1420. The van der Waals surface area contributed by atoms with Gasteiger partial charge in [-0.3, -0.25) is 0 Å². The van der Waals surface area contributed by atoms with E-state index >= 15 is 0 Å². The molecule has 1 aromatic heterocycles. The Balaban J connectivity index is 0.000000566.